The lowest BCUT2D eigenvalue weighted by atomic mass is 10.1. The molecule has 0 aliphatic carbocycles. The second kappa shape index (κ2) is 9.22. The summed E-state index contributed by atoms with van der Waals surface area (Å²) in [4.78, 5) is 30.8. The number of halogens is 2. The van der Waals surface area contributed by atoms with Gasteiger partial charge in [0.15, 0.2) is 5.13 Å². The summed E-state index contributed by atoms with van der Waals surface area (Å²) in [6, 6.07) is 11.9. The van der Waals surface area contributed by atoms with Crippen LogP contribution in [0.3, 0.4) is 0 Å². The van der Waals surface area contributed by atoms with Gasteiger partial charge in [0.2, 0.25) is 5.91 Å². The fourth-order valence-electron chi connectivity index (χ4n) is 3.40. The third-order valence-electron chi connectivity index (χ3n) is 4.94. The molecule has 1 N–H and O–H groups in total. The molecule has 1 unspecified atom stereocenters. The van der Waals surface area contributed by atoms with Crippen molar-refractivity contribution in [1.29, 1.82) is 0 Å². The number of ether oxygens (including phenoxy) is 1. The number of aromatic nitrogens is 1. The van der Waals surface area contributed by atoms with E-state index in [1.807, 2.05) is 30.3 Å². The number of carbonyl (C=O) groups excluding carboxylic acids is 2. The maximum Gasteiger partial charge on any atom is 0.410 e. The van der Waals surface area contributed by atoms with E-state index in [0.717, 1.165) is 29.0 Å². The zero-order valence-electron chi connectivity index (χ0n) is 16.4. The number of carbonyl (C=O) groups is 2. The van der Waals surface area contributed by atoms with Crippen molar-refractivity contribution in [2.24, 2.45) is 0 Å². The lowest BCUT2D eigenvalue weighted by Gasteiger charge is -2.22. The summed E-state index contributed by atoms with van der Waals surface area (Å²) < 4.78 is 32.4. The van der Waals surface area contributed by atoms with Crippen LogP contribution in [0.1, 0.15) is 18.4 Å². The molecule has 6 nitrogen and oxygen atoms in total. The molecule has 1 fully saturated rings. The SMILES string of the molecule is O=C(Nc1nc(-c2ccc(F)cc2F)cs1)C1CCCN1C(=O)OCc1ccccc1. The molecule has 0 bridgehead atoms. The Morgan fingerprint density at radius 1 is 1.19 bits per heavy atom. The lowest BCUT2D eigenvalue weighted by molar-refractivity contribution is -0.120. The first-order valence-corrected chi connectivity index (χ1v) is 10.6. The van der Waals surface area contributed by atoms with Crippen LogP contribution < -0.4 is 5.32 Å². The number of likely N-dealkylation sites (tertiary alicyclic amines) is 1. The Morgan fingerprint density at radius 3 is 2.77 bits per heavy atom. The second-order valence-electron chi connectivity index (χ2n) is 7.04. The van der Waals surface area contributed by atoms with Crippen molar-refractivity contribution in [3.63, 3.8) is 0 Å². The third kappa shape index (κ3) is 4.88. The molecule has 4 rings (SSSR count). The largest absolute Gasteiger partial charge is 0.445 e. The Balaban J connectivity index is 1.38. The highest BCUT2D eigenvalue weighted by atomic mass is 32.1. The first-order valence-electron chi connectivity index (χ1n) is 9.70. The smallest absolute Gasteiger partial charge is 0.410 e. The van der Waals surface area contributed by atoms with Crippen LogP contribution in [0.15, 0.2) is 53.9 Å². The summed E-state index contributed by atoms with van der Waals surface area (Å²) in [6.45, 7) is 0.555. The molecule has 0 radical (unpaired) electrons. The van der Waals surface area contributed by atoms with Crippen molar-refractivity contribution in [3.05, 3.63) is 71.1 Å². The van der Waals surface area contributed by atoms with Crippen LogP contribution in [0.25, 0.3) is 11.3 Å². The van der Waals surface area contributed by atoms with E-state index >= 15 is 0 Å². The topological polar surface area (TPSA) is 71.5 Å². The van der Waals surface area contributed by atoms with Crippen LogP contribution in [-0.2, 0) is 16.1 Å². The van der Waals surface area contributed by atoms with Crippen LogP contribution >= 0.6 is 11.3 Å². The molecule has 2 amide bonds. The molecule has 1 saturated heterocycles. The summed E-state index contributed by atoms with van der Waals surface area (Å²) >= 11 is 1.12. The quantitative estimate of drug-likeness (QED) is 0.613. The maximum absolute atomic E-state index is 14.0. The van der Waals surface area contributed by atoms with Crippen molar-refractivity contribution < 1.29 is 23.1 Å². The first kappa shape index (κ1) is 20.9. The molecule has 31 heavy (non-hydrogen) atoms. The Labute approximate surface area is 181 Å². The first-order chi connectivity index (χ1) is 15.0. The number of thiazole rings is 1. The molecule has 160 valence electrons. The highest BCUT2D eigenvalue weighted by Crippen LogP contribution is 2.28. The minimum atomic E-state index is -0.730. The zero-order valence-corrected chi connectivity index (χ0v) is 17.2. The molecule has 1 atom stereocenters. The van der Waals surface area contributed by atoms with Crippen LogP contribution in [0.2, 0.25) is 0 Å². The average Bonchev–Trinajstić information content (AvgIpc) is 3.43. The Hall–Kier alpha value is -3.33. The van der Waals surface area contributed by atoms with E-state index in [4.69, 9.17) is 4.74 Å². The van der Waals surface area contributed by atoms with Crippen LogP contribution in [0.5, 0.6) is 0 Å². The molecule has 0 saturated carbocycles. The monoisotopic (exact) mass is 443 g/mol. The van der Waals surface area contributed by atoms with Crippen molar-refractivity contribution >= 4 is 28.5 Å². The minimum absolute atomic E-state index is 0.129. The predicted molar refractivity (Wildman–Crippen MR) is 112 cm³/mol. The summed E-state index contributed by atoms with van der Waals surface area (Å²) in [7, 11) is 0. The van der Waals surface area contributed by atoms with Gasteiger partial charge >= 0.3 is 6.09 Å². The fourth-order valence-corrected chi connectivity index (χ4v) is 4.11. The number of nitrogens with one attached hydrogen (secondary N) is 1. The average molecular weight is 443 g/mol. The summed E-state index contributed by atoms with van der Waals surface area (Å²) in [5.41, 5.74) is 1.30. The van der Waals surface area contributed by atoms with E-state index in [1.54, 1.807) is 5.38 Å². The predicted octanol–water partition coefficient (Wildman–Crippen LogP) is 4.83. The van der Waals surface area contributed by atoms with E-state index < -0.39 is 23.8 Å². The molecule has 2 heterocycles. The molecular formula is C22H19F2N3O3S. The normalized spacial score (nSPS) is 15.7. The summed E-state index contributed by atoms with van der Waals surface area (Å²) in [6.07, 6.45) is 0.647. The van der Waals surface area contributed by atoms with Gasteiger partial charge in [0, 0.05) is 23.6 Å². The van der Waals surface area contributed by atoms with Gasteiger partial charge in [-0.3, -0.25) is 9.69 Å². The van der Waals surface area contributed by atoms with Crippen molar-refractivity contribution in [2.75, 3.05) is 11.9 Å². The van der Waals surface area contributed by atoms with Crippen molar-refractivity contribution in [3.8, 4) is 11.3 Å². The Morgan fingerprint density at radius 2 is 2.00 bits per heavy atom. The second-order valence-corrected chi connectivity index (χ2v) is 7.90. The van der Waals surface area contributed by atoms with E-state index in [-0.39, 0.29) is 23.2 Å². The van der Waals surface area contributed by atoms with E-state index in [1.165, 1.54) is 11.0 Å². The minimum Gasteiger partial charge on any atom is -0.445 e. The zero-order chi connectivity index (χ0) is 21.8. The van der Waals surface area contributed by atoms with Crippen molar-refractivity contribution in [1.82, 2.24) is 9.88 Å². The Bertz CT molecular complexity index is 1090. The third-order valence-corrected chi connectivity index (χ3v) is 5.69. The number of nitrogens with zero attached hydrogens (tertiary/aromatic N) is 2. The molecule has 0 spiro atoms. The van der Waals surface area contributed by atoms with Gasteiger partial charge in [-0.25, -0.2) is 18.6 Å². The van der Waals surface area contributed by atoms with E-state index in [2.05, 4.69) is 10.3 Å². The van der Waals surface area contributed by atoms with E-state index in [9.17, 15) is 18.4 Å². The van der Waals surface area contributed by atoms with Gasteiger partial charge in [-0.15, -0.1) is 11.3 Å². The molecule has 3 aromatic rings. The van der Waals surface area contributed by atoms with Gasteiger partial charge in [0.1, 0.15) is 24.3 Å². The van der Waals surface area contributed by atoms with Gasteiger partial charge in [-0.1, -0.05) is 30.3 Å². The maximum atomic E-state index is 14.0. The van der Waals surface area contributed by atoms with Gasteiger partial charge < -0.3 is 10.1 Å². The van der Waals surface area contributed by atoms with Crippen molar-refractivity contribution in [2.45, 2.75) is 25.5 Å². The molecule has 9 heteroatoms. The van der Waals surface area contributed by atoms with Crippen LogP contribution in [0.4, 0.5) is 18.7 Å². The summed E-state index contributed by atoms with van der Waals surface area (Å²) in [5, 5.41) is 4.53. The number of anilines is 1. The van der Waals surface area contributed by atoms with Crippen LogP contribution in [-0.4, -0.2) is 34.5 Å². The lowest BCUT2D eigenvalue weighted by Crippen LogP contribution is -2.43. The van der Waals surface area contributed by atoms with Gasteiger partial charge in [0.25, 0.3) is 0 Å². The Kier molecular flexibility index (Phi) is 6.22. The highest BCUT2D eigenvalue weighted by molar-refractivity contribution is 7.14. The number of hydrogen-bond acceptors (Lipinski definition) is 5. The van der Waals surface area contributed by atoms with Gasteiger partial charge in [-0.2, -0.15) is 0 Å². The molecule has 1 aliphatic rings. The fraction of sp³-hybridized carbons (Fsp3) is 0.227. The van der Waals surface area contributed by atoms with E-state index in [0.29, 0.717) is 25.1 Å². The molecule has 2 aromatic carbocycles. The van der Waals surface area contributed by atoms with Crippen LogP contribution in [0, 0.1) is 11.6 Å². The standard InChI is InChI=1S/C22H19F2N3O3S/c23-15-8-9-16(17(24)11-15)18-13-31-21(25-18)26-20(28)19-7-4-10-27(19)22(29)30-12-14-5-2-1-3-6-14/h1-3,5-6,8-9,11,13,19H,4,7,10,12H2,(H,25,26,28). The molecule has 1 aromatic heterocycles. The number of rotatable bonds is 5. The number of hydrogen-bond donors (Lipinski definition) is 1. The number of amides is 2. The molecular weight excluding hydrogens is 424 g/mol. The highest BCUT2D eigenvalue weighted by Gasteiger charge is 2.35. The van der Waals surface area contributed by atoms with Gasteiger partial charge in [0.05, 0.1) is 5.69 Å². The van der Waals surface area contributed by atoms with Gasteiger partial charge in [-0.05, 0) is 30.5 Å². The summed E-state index contributed by atoms with van der Waals surface area (Å²) in [5.74, 6) is -1.79. The molecule has 1 aliphatic heterocycles. The number of benzene rings is 2.